The normalized spacial score (nSPS) is 12.4. The third kappa shape index (κ3) is 3.24. The molecule has 100 valence electrons. The summed E-state index contributed by atoms with van der Waals surface area (Å²) >= 11 is 0. The first-order chi connectivity index (χ1) is 9.10. The molecule has 1 aromatic heterocycles. The van der Waals surface area contributed by atoms with Gasteiger partial charge in [-0.05, 0) is 41.8 Å². The van der Waals surface area contributed by atoms with Crippen molar-refractivity contribution in [1.29, 1.82) is 0 Å². The largest absolute Gasteiger partial charge is 0.384 e. The van der Waals surface area contributed by atoms with E-state index in [1.165, 1.54) is 6.07 Å². The molecule has 0 amide bonds. The molecular formula is C13H14F2N4. The van der Waals surface area contributed by atoms with Crippen LogP contribution in [0.4, 0.5) is 14.6 Å². The molecule has 0 radical (unpaired) electrons. The van der Waals surface area contributed by atoms with E-state index in [9.17, 15) is 8.78 Å². The number of hydrazine groups is 1. The lowest BCUT2D eigenvalue weighted by Gasteiger charge is -2.16. The van der Waals surface area contributed by atoms with E-state index < -0.39 is 11.6 Å². The Labute approximate surface area is 109 Å². The third-order valence-electron chi connectivity index (χ3n) is 2.83. The van der Waals surface area contributed by atoms with Gasteiger partial charge in [0.05, 0.1) is 6.04 Å². The number of rotatable bonds is 4. The standard InChI is InChI=1S/C13H14F2N4/c14-10-2-1-9(7-11(10)15)12(19-17)5-8-3-4-18-13(16)6-8/h1-4,6-7,12,19H,5,17H2,(H2,16,18). The maximum absolute atomic E-state index is 13.2. The molecule has 0 bridgehead atoms. The van der Waals surface area contributed by atoms with E-state index in [2.05, 4.69) is 10.4 Å². The lowest BCUT2D eigenvalue weighted by Crippen LogP contribution is -2.29. The number of anilines is 1. The van der Waals surface area contributed by atoms with E-state index >= 15 is 0 Å². The second kappa shape index (κ2) is 5.73. The number of halogens is 2. The van der Waals surface area contributed by atoms with Crippen LogP contribution >= 0.6 is 0 Å². The minimum absolute atomic E-state index is 0.336. The Morgan fingerprint density at radius 2 is 1.95 bits per heavy atom. The van der Waals surface area contributed by atoms with Crippen LogP contribution in [0.3, 0.4) is 0 Å². The molecule has 1 atom stereocenters. The van der Waals surface area contributed by atoms with E-state index in [-0.39, 0.29) is 6.04 Å². The number of aromatic nitrogens is 1. The SMILES string of the molecule is NNC(Cc1ccnc(N)c1)c1ccc(F)c(F)c1. The van der Waals surface area contributed by atoms with Crippen LogP contribution in [0.2, 0.25) is 0 Å². The zero-order chi connectivity index (χ0) is 13.8. The quantitative estimate of drug-likeness (QED) is 0.580. The van der Waals surface area contributed by atoms with Crippen LogP contribution in [-0.2, 0) is 6.42 Å². The number of hydrogen-bond donors (Lipinski definition) is 3. The van der Waals surface area contributed by atoms with Crippen molar-refractivity contribution in [2.75, 3.05) is 5.73 Å². The summed E-state index contributed by atoms with van der Waals surface area (Å²) in [7, 11) is 0. The van der Waals surface area contributed by atoms with Gasteiger partial charge in [0.25, 0.3) is 0 Å². The Bertz CT molecular complexity index is 574. The number of pyridine rings is 1. The molecule has 1 aromatic carbocycles. The van der Waals surface area contributed by atoms with E-state index in [0.29, 0.717) is 17.8 Å². The molecule has 0 aliphatic rings. The fourth-order valence-corrected chi connectivity index (χ4v) is 1.86. The van der Waals surface area contributed by atoms with Gasteiger partial charge in [0.1, 0.15) is 5.82 Å². The zero-order valence-corrected chi connectivity index (χ0v) is 10.1. The molecule has 0 spiro atoms. The van der Waals surface area contributed by atoms with Gasteiger partial charge >= 0.3 is 0 Å². The molecule has 1 unspecified atom stereocenters. The highest BCUT2D eigenvalue weighted by Gasteiger charge is 2.13. The van der Waals surface area contributed by atoms with Crippen LogP contribution in [0.5, 0.6) is 0 Å². The van der Waals surface area contributed by atoms with Gasteiger partial charge in [0.2, 0.25) is 0 Å². The first-order valence-electron chi connectivity index (χ1n) is 5.71. The van der Waals surface area contributed by atoms with Crippen molar-refractivity contribution in [1.82, 2.24) is 10.4 Å². The first kappa shape index (κ1) is 13.4. The number of nitrogens with one attached hydrogen (secondary N) is 1. The minimum Gasteiger partial charge on any atom is -0.384 e. The van der Waals surface area contributed by atoms with Crippen LogP contribution in [0.1, 0.15) is 17.2 Å². The van der Waals surface area contributed by atoms with Gasteiger partial charge in [0.15, 0.2) is 11.6 Å². The van der Waals surface area contributed by atoms with Crippen molar-refractivity contribution in [2.24, 2.45) is 5.84 Å². The average molecular weight is 264 g/mol. The smallest absolute Gasteiger partial charge is 0.159 e. The second-order valence-corrected chi connectivity index (χ2v) is 4.19. The molecule has 1 heterocycles. The predicted octanol–water partition coefficient (Wildman–Crippen LogP) is 1.69. The molecule has 0 aliphatic carbocycles. The lowest BCUT2D eigenvalue weighted by molar-refractivity contribution is 0.497. The molecule has 2 rings (SSSR count). The lowest BCUT2D eigenvalue weighted by atomic mass is 10.00. The maximum Gasteiger partial charge on any atom is 0.159 e. The summed E-state index contributed by atoms with van der Waals surface area (Å²) in [6.07, 6.45) is 2.08. The van der Waals surface area contributed by atoms with Gasteiger partial charge in [-0.1, -0.05) is 6.07 Å². The Hall–Kier alpha value is -2.05. The van der Waals surface area contributed by atoms with Crippen LogP contribution in [-0.4, -0.2) is 4.98 Å². The van der Waals surface area contributed by atoms with Crippen molar-refractivity contribution < 1.29 is 8.78 Å². The topological polar surface area (TPSA) is 77.0 Å². The zero-order valence-electron chi connectivity index (χ0n) is 10.1. The fraction of sp³-hybridized carbons (Fsp3) is 0.154. The monoisotopic (exact) mass is 264 g/mol. The van der Waals surface area contributed by atoms with Gasteiger partial charge in [-0.3, -0.25) is 11.3 Å². The molecule has 0 saturated carbocycles. The fourth-order valence-electron chi connectivity index (χ4n) is 1.86. The van der Waals surface area contributed by atoms with Crippen molar-refractivity contribution in [3.05, 3.63) is 59.3 Å². The van der Waals surface area contributed by atoms with E-state index in [4.69, 9.17) is 11.6 Å². The van der Waals surface area contributed by atoms with Gasteiger partial charge in [0, 0.05) is 6.20 Å². The summed E-state index contributed by atoms with van der Waals surface area (Å²) in [5.41, 5.74) is 9.64. The molecule has 2 aromatic rings. The molecule has 19 heavy (non-hydrogen) atoms. The molecule has 0 fully saturated rings. The number of hydrogen-bond acceptors (Lipinski definition) is 4. The molecule has 6 heteroatoms. The van der Waals surface area contributed by atoms with Gasteiger partial charge < -0.3 is 5.73 Å². The number of benzene rings is 1. The van der Waals surface area contributed by atoms with Crippen molar-refractivity contribution in [2.45, 2.75) is 12.5 Å². The highest BCUT2D eigenvalue weighted by atomic mass is 19.2. The number of nitrogens with two attached hydrogens (primary N) is 2. The maximum atomic E-state index is 13.2. The van der Waals surface area contributed by atoms with Crippen molar-refractivity contribution in [3.8, 4) is 0 Å². The molecule has 0 saturated heterocycles. The molecule has 0 aliphatic heterocycles. The molecular weight excluding hydrogens is 250 g/mol. The Kier molecular flexibility index (Phi) is 4.03. The average Bonchev–Trinajstić information content (AvgIpc) is 2.39. The van der Waals surface area contributed by atoms with Crippen molar-refractivity contribution in [3.63, 3.8) is 0 Å². The number of nitrogens with zero attached hydrogens (tertiary/aromatic N) is 1. The van der Waals surface area contributed by atoms with E-state index in [1.807, 2.05) is 0 Å². The van der Waals surface area contributed by atoms with Gasteiger partial charge in [-0.15, -0.1) is 0 Å². The predicted molar refractivity (Wildman–Crippen MR) is 68.8 cm³/mol. The Balaban J connectivity index is 2.22. The van der Waals surface area contributed by atoms with E-state index in [1.54, 1.807) is 18.3 Å². The highest BCUT2D eigenvalue weighted by molar-refractivity contribution is 5.33. The minimum atomic E-state index is -0.896. The Morgan fingerprint density at radius 1 is 1.16 bits per heavy atom. The summed E-state index contributed by atoms with van der Waals surface area (Å²) in [6, 6.07) is 6.87. The molecule has 4 nitrogen and oxygen atoms in total. The highest BCUT2D eigenvalue weighted by Crippen LogP contribution is 2.20. The summed E-state index contributed by atoms with van der Waals surface area (Å²) in [6.45, 7) is 0. The van der Waals surface area contributed by atoms with Crippen LogP contribution in [0, 0.1) is 11.6 Å². The summed E-state index contributed by atoms with van der Waals surface area (Å²) in [4.78, 5) is 3.89. The van der Waals surface area contributed by atoms with Crippen molar-refractivity contribution >= 4 is 5.82 Å². The van der Waals surface area contributed by atoms with E-state index in [0.717, 1.165) is 17.7 Å². The third-order valence-corrected chi connectivity index (χ3v) is 2.83. The Morgan fingerprint density at radius 3 is 2.58 bits per heavy atom. The summed E-state index contributed by atoms with van der Waals surface area (Å²) in [5.74, 6) is 4.09. The van der Waals surface area contributed by atoms with Gasteiger partial charge in [-0.2, -0.15) is 0 Å². The number of nitrogen functional groups attached to an aromatic ring is 1. The van der Waals surface area contributed by atoms with Crippen LogP contribution < -0.4 is 17.0 Å². The molecule has 5 N–H and O–H groups in total. The first-order valence-corrected chi connectivity index (χ1v) is 5.71. The van der Waals surface area contributed by atoms with Gasteiger partial charge in [-0.25, -0.2) is 13.8 Å². The summed E-state index contributed by atoms with van der Waals surface area (Å²) < 4.78 is 26.1. The second-order valence-electron chi connectivity index (χ2n) is 4.19. The summed E-state index contributed by atoms with van der Waals surface area (Å²) in [5, 5.41) is 0. The van der Waals surface area contributed by atoms with Crippen LogP contribution in [0.15, 0.2) is 36.5 Å². The van der Waals surface area contributed by atoms with Crippen LogP contribution in [0.25, 0.3) is 0 Å².